The minimum Gasteiger partial charge on any atom is -0.482 e. The van der Waals surface area contributed by atoms with Gasteiger partial charge in [0.05, 0.1) is 0 Å². The zero-order valence-corrected chi connectivity index (χ0v) is 18.6. The summed E-state index contributed by atoms with van der Waals surface area (Å²) >= 11 is 6.23. The highest BCUT2D eigenvalue weighted by atomic mass is 35.5. The molecule has 0 spiro atoms. The number of nitrogens with zero attached hydrogens (tertiary/aromatic N) is 1. The van der Waals surface area contributed by atoms with E-state index in [9.17, 15) is 23.1 Å². The third-order valence-corrected chi connectivity index (χ3v) is 4.94. The van der Waals surface area contributed by atoms with E-state index in [1.807, 2.05) is 0 Å². The fourth-order valence-electron chi connectivity index (χ4n) is 3.13. The van der Waals surface area contributed by atoms with Crippen molar-refractivity contribution in [3.8, 4) is 5.75 Å². The number of rotatable bonds is 6. The van der Waals surface area contributed by atoms with Crippen LogP contribution in [0.4, 0.5) is 13.2 Å². The number of halogens is 4. The van der Waals surface area contributed by atoms with Gasteiger partial charge in [-0.25, -0.2) is 4.79 Å². The lowest BCUT2D eigenvalue weighted by atomic mass is 9.78. The predicted molar refractivity (Wildman–Crippen MR) is 110 cm³/mol. The molecule has 1 N–H and O–H groups in total. The van der Waals surface area contributed by atoms with Crippen molar-refractivity contribution >= 4 is 17.6 Å². The van der Waals surface area contributed by atoms with E-state index < -0.39 is 29.3 Å². The zero-order valence-electron chi connectivity index (χ0n) is 17.9. The van der Waals surface area contributed by atoms with Crippen LogP contribution in [0.1, 0.15) is 50.4 Å². The number of hydrogen-bond acceptors (Lipinski definition) is 5. The summed E-state index contributed by atoms with van der Waals surface area (Å²) in [5, 5.41) is 10.8. The van der Waals surface area contributed by atoms with Crippen molar-refractivity contribution in [1.82, 2.24) is 4.98 Å². The Labute approximate surface area is 184 Å². The molecule has 0 aliphatic heterocycles. The van der Waals surface area contributed by atoms with E-state index >= 15 is 0 Å². The van der Waals surface area contributed by atoms with Gasteiger partial charge >= 0.3 is 12.1 Å². The van der Waals surface area contributed by atoms with Crippen LogP contribution in [-0.4, -0.2) is 34.4 Å². The van der Waals surface area contributed by atoms with Gasteiger partial charge < -0.3 is 14.6 Å². The van der Waals surface area contributed by atoms with Crippen LogP contribution < -0.4 is 4.74 Å². The number of alkyl halides is 3. The minimum absolute atomic E-state index is 0.0392. The maximum Gasteiger partial charge on any atom is 0.422 e. The number of esters is 1. The van der Waals surface area contributed by atoms with E-state index in [2.05, 4.69) is 4.98 Å². The Hall–Kier alpha value is -2.32. The van der Waals surface area contributed by atoms with Crippen LogP contribution in [0.25, 0.3) is 0 Å². The molecule has 1 aromatic carbocycles. The number of ether oxygens (including phenoxy) is 2. The van der Waals surface area contributed by atoms with E-state index in [0.717, 1.165) is 6.07 Å². The fourth-order valence-corrected chi connectivity index (χ4v) is 3.46. The van der Waals surface area contributed by atoms with Gasteiger partial charge in [0.1, 0.15) is 11.4 Å². The van der Waals surface area contributed by atoms with Gasteiger partial charge in [0.15, 0.2) is 12.2 Å². The summed E-state index contributed by atoms with van der Waals surface area (Å²) in [4.78, 5) is 15.7. The number of pyridine rings is 1. The number of aliphatic hydroxyl groups is 1. The Bertz CT molecular complexity index is 943. The van der Waals surface area contributed by atoms with E-state index in [4.69, 9.17) is 21.1 Å². The summed E-state index contributed by atoms with van der Waals surface area (Å²) in [7, 11) is 0. The molecule has 31 heavy (non-hydrogen) atoms. The monoisotopic (exact) mass is 459 g/mol. The van der Waals surface area contributed by atoms with E-state index in [0.29, 0.717) is 5.69 Å². The highest BCUT2D eigenvalue weighted by Crippen LogP contribution is 2.50. The van der Waals surface area contributed by atoms with E-state index in [1.54, 1.807) is 20.8 Å². The Balaban J connectivity index is 2.31. The van der Waals surface area contributed by atoms with Crippen molar-refractivity contribution in [3.05, 3.63) is 58.4 Å². The number of benzene rings is 1. The first kappa shape index (κ1) is 24.9. The second-order valence-corrected chi connectivity index (χ2v) is 8.64. The molecule has 0 amide bonds. The molecule has 0 aliphatic carbocycles. The van der Waals surface area contributed by atoms with Crippen molar-refractivity contribution in [2.75, 3.05) is 6.61 Å². The van der Waals surface area contributed by atoms with Crippen LogP contribution in [0.2, 0.25) is 5.02 Å². The van der Waals surface area contributed by atoms with Gasteiger partial charge in [-0.05, 0) is 63.1 Å². The van der Waals surface area contributed by atoms with Gasteiger partial charge in [0, 0.05) is 22.8 Å². The molecule has 2 aromatic rings. The second kappa shape index (κ2) is 9.04. The zero-order chi connectivity index (χ0) is 23.6. The van der Waals surface area contributed by atoms with Crippen molar-refractivity contribution in [2.45, 2.75) is 57.9 Å². The van der Waals surface area contributed by atoms with Crippen LogP contribution in [0.15, 0.2) is 36.5 Å². The van der Waals surface area contributed by atoms with Crippen molar-refractivity contribution in [2.24, 2.45) is 0 Å². The molecule has 0 bridgehead atoms. The van der Waals surface area contributed by atoms with Crippen LogP contribution in [0.3, 0.4) is 0 Å². The highest BCUT2D eigenvalue weighted by Gasteiger charge is 2.59. The Morgan fingerprint density at radius 3 is 2.35 bits per heavy atom. The van der Waals surface area contributed by atoms with Gasteiger partial charge in [-0.15, -0.1) is 0 Å². The molecule has 2 rings (SSSR count). The molecule has 5 nitrogen and oxygen atoms in total. The molecule has 1 aromatic heterocycles. The summed E-state index contributed by atoms with van der Waals surface area (Å²) in [6.07, 6.45) is -3.77. The SMILES string of the molecule is Cc1cc(C(O)(C(C)c2ccc(OCC(=O)OC(C)(C)C)cc2Cl)C(F)(F)F)ccn1. The van der Waals surface area contributed by atoms with Gasteiger partial charge in [0.2, 0.25) is 0 Å². The maximum atomic E-state index is 14.0. The first-order valence-electron chi connectivity index (χ1n) is 9.51. The van der Waals surface area contributed by atoms with Gasteiger partial charge in [-0.3, -0.25) is 4.98 Å². The molecule has 1 heterocycles. The van der Waals surface area contributed by atoms with Crippen LogP contribution >= 0.6 is 11.6 Å². The molecule has 2 unspecified atom stereocenters. The maximum absolute atomic E-state index is 14.0. The average Bonchev–Trinajstić information content (AvgIpc) is 2.63. The number of carbonyl (C=O) groups is 1. The summed E-state index contributed by atoms with van der Waals surface area (Å²) in [6.45, 7) is 7.53. The molecule has 9 heteroatoms. The lowest BCUT2D eigenvalue weighted by molar-refractivity contribution is -0.274. The van der Waals surface area contributed by atoms with Gasteiger partial charge in [0.25, 0.3) is 0 Å². The van der Waals surface area contributed by atoms with Gasteiger partial charge in [-0.1, -0.05) is 24.6 Å². The summed E-state index contributed by atoms with van der Waals surface area (Å²) < 4.78 is 52.5. The standard InChI is InChI=1S/C22H25ClF3NO4/c1-13-10-15(8-9-27-13)21(29,22(24,25)26)14(2)17-7-6-16(11-18(17)23)30-12-19(28)31-20(3,4)5/h6-11,14,29H,12H2,1-5H3. The molecule has 2 atom stereocenters. The largest absolute Gasteiger partial charge is 0.482 e. The first-order chi connectivity index (χ1) is 14.1. The lowest BCUT2D eigenvalue weighted by Gasteiger charge is -2.37. The fraction of sp³-hybridized carbons (Fsp3) is 0.455. The smallest absolute Gasteiger partial charge is 0.422 e. The number of aromatic nitrogens is 1. The summed E-state index contributed by atoms with van der Waals surface area (Å²) in [6, 6.07) is 6.34. The highest BCUT2D eigenvalue weighted by molar-refractivity contribution is 6.31. The van der Waals surface area contributed by atoms with Gasteiger partial charge in [-0.2, -0.15) is 13.2 Å². The van der Waals surface area contributed by atoms with Crippen molar-refractivity contribution in [1.29, 1.82) is 0 Å². The quantitative estimate of drug-likeness (QED) is 0.592. The third kappa shape index (κ3) is 5.89. The second-order valence-electron chi connectivity index (χ2n) is 8.23. The topological polar surface area (TPSA) is 68.7 Å². The number of aryl methyl sites for hydroxylation is 1. The summed E-state index contributed by atoms with van der Waals surface area (Å²) in [5.41, 5.74) is -3.79. The Kier molecular flexibility index (Phi) is 7.28. The molecular weight excluding hydrogens is 435 g/mol. The Morgan fingerprint density at radius 1 is 1.19 bits per heavy atom. The van der Waals surface area contributed by atoms with Crippen molar-refractivity contribution < 1.29 is 32.5 Å². The third-order valence-electron chi connectivity index (χ3n) is 4.61. The van der Waals surface area contributed by atoms with E-state index in [1.165, 1.54) is 44.3 Å². The molecule has 0 radical (unpaired) electrons. The molecule has 0 saturated carbocycles. The first-order valence-corrected chi connectivity index (χ1v) is 9.89. The average molecular weight is 460 g/mol. The molecule has 0 aliphatic rings. The van der Waals surface area contributed by atoms with Crippen LogP contribution in [0, 0.1) is 6.92 Å². The van der Waals surface area contributed by atoms with Crippen LogP contribution in [-0.2, 0) is 15.1 Å². The molecule has 170 valence electrons. The van der Waals surface area contributed by atoms with E-state index in [-0.39, 0.29) is 28.5 Å². The molecule has 0 saturated heterocycles. The number of hydrogen-bond donors (Lipinski definition) is 1. The predicted octanol–water partition coefficient (Wildman–Crippen LogP) is 5.32. The lowest BCUT2D eigenvalue weighted by Crippen LogP contribution is -2.46. The molecule has 0 fully saturated rings. The molecular formula is C22H25ClF3NO4. The van der Waals surface area contributed by atoms with Crippen LogP contribution in [0.5, 0.6) is 5.75 Å². The Morgan fingerprint density at radius 2 is 1.84 bits per heavy atom. The van der Waals surface area contributed by atoms with Crippen molar-refractivity contribution in [3.63, 3.8) is 0 Å². The normalized spacial score (nSPS) is 15.2. The number of carbonyl (C=O) groups excluding carboxylic acids is 1. The summed E-state index contributed by atoms with van der Waals surface area (Å²) in [5.74, 6) is -1.86. The minimum atomic E-state index is -4.98.